The summed E-state index contributed by atoms with van der Waals surface area (Å²) in [6.45, 7) is 12.7. The van der Waals surface area contributed by atoms with Crippen molar-refractivity contribution in [2.24, 2.45) is 0 Å². The van der Waals surface area contributed by atoms with Gasteiger partial charge in [-0.1, -0.05) is 121 Å². The van der Waals surface area contributed by atoms with Gasteiger partial charge in [-0.05, 0) is 49.2 Å². The van der Waals surface area contributed by atoms with Crippen molar-refractivity contribution in [1.29, 1.82) is 0 Å². The van der Waals surface area contributed by atoms with Gasteiger partial charge in [-0.25, -0.2) is 28.2 Å². The summed E-state index contributed by atoms with van der Waals surface area (Å²) in [5.41, 5.74) is 5.78. The van der Waals surface area contributed by atoms with Gasteiger partial charge in [0.1, 0.15) is 26.2 Å². The van der Waals surface area contributed by atoms with Crippen molar-refractivity contribution >= 4 is 44.1 Å². The van der Waals surface area contributed by atoms with Crippen LogP contribution in [-0.2, 0) is 45.7 Å². The monoisotopic (exact) mass is 1150 g/mol. The number of rotatable bonds is 4. The zero-order valence-corrected chi connectivity index (χ0v) is 49.2. The maximum Gasteiger partial charge on any atom is 2.00 e. The maximum atomic E-state index is 4.95. The predicted octanol–water partition coefficient (Wildman–Crippen LogP) is -1.88. The fraction of sp³-hybridized carbons (Fsp3) is 0.133. The van der Waals surface area contributed by atoms with Crippen LogP contribution in [0.2, 0.25) is 0 Å². The minimum absolute atomic E-state index is 0. The molecule has 8 bridgehead atoms. The molecule has 4 aromatic carbocycles. The quantitative estimate of drug-likeness (QED) is 0.149. The second kappa shape index (κ2) is 31.0. The number of benzene rings is 4. The molecular weight excluding hydrogens is 1100 g/mol. The largest absolute Gasteiger partial charge is 2.00 e. The molecule has 0 fully saturated rings. The van der Waals surface area contributed by atoms with Gasteiger partial charge in [0, 0.05) is 93.4 Å². The minimum Gasteiger partial charge on any atom is -1.00 e. The van der Waals surface area contributed by atoms with Gasteiger partial charge in [0.15, 0.2) is 49.6 Å². The molecule has 17 heteroatoms. The number of hydrogen-bond acceptors (Lipinski definition) is 6. The van der Waals surface area contributed by atoms with Gasteiger partial charge >= 0.3 is 19.5 Å². The van der Waals surface area contributed by atoms with Crippen LogP contribution in [0, 0.1) is 0 Å². The molecule has 2 aliphatic heterocycles. The van der Waals surface area contributed by atoms with Gasteiger partial charge in [0.2, 0.25) is 0 Å². The van der Waals surface area contributed by atoms with Gasteiger partial charge in [0.25, 0.3) is 0 Å². The van der Waals surface area contributed by atoms with Gasteiger partial charge in [-0.3, -0.25) is 0 Å². The summed E-state index contributed by atoms with van der Waals surface area (Å²) >= 11 is 0. The van der Waals surface area contributed by atoms with Crippen LogP contribution in [0.25, 0.3) is 89.7 Å². The van der Waals surface area contributed by atoms with Crippen LogP contribution in [0.5, 0.6) is 0 Å². The number of pyridine rings is 4. The molecule has 0 amide bonds. The van der Waals surface area contributed by atoms with Crippen LogP contribution in [-0.4, -0.2) is 29.9 Å². The molecule has 0 unspecified atom stereocenters. The summed E-state index contributed by atoms with van der Waals surface area (Å²) in [7, 11) is 0. The minimum atomic E-state index is 0. The first kappa shape index (κ1) is 62.2. The second-order valence-electron chi connectivity index (χ2n) is 16.5. The Bertz CT molecular complexity index is 3240. The number of nitrogens with zero attached hydrogens (tertiary/aromatic N) is 12. The van der Waals surface area contributed by atoms with Crippen molar-refractivity contribution in [3.63, 3.8) is 0 Å². The van der Waals surface area contributed by atoms with Crippen LogP contribution in [0.1, 0.15) is 27.7 Å². The molecule has 0 spiro atoms. The summed E-state index contributed by atoms with van der Waals surface area (Å²) in [4.78, 5) is 39.3. The SMILES string of the molecule is CC[n+]1ccccc1.CC[n+]1ccccc1.CC[n+]1ccccc1.CC[n+]1ccccc1.[Cl-].[Cl-].[Cl-].[Cl-].[Zn+2].c1ccc2c(c1)-c1nc-2nc2[n-]c(nc3nc(nc4[n-]c(n1)c1ccccc41)-c1ccccc1-3)c1ccccc21. The Morgan fingerprint density at radius 3 is 0.649 bits per heavy atom. The normalized spacial score (nSPS) is 10.0. The molecule has 0 saturated carbocycles. The summed E-state index contributed by atoms with van der Waals surface area (Å²) in [5, 5.41) is 3.57. The summed E-state index contributed by atoms with van der Waals surface area (Å²) in [5.74, 6) is 2.21. The topological polar surface area (TPSA) is 121 Å². The molecule has 77 heavy (non-hydrogen) atoms. The van der Waals surface area contributed by atoms with Crippen LogP contribution in [0.4, 0.5) is 0 Å². The third-order valence-corrected chi connectivity index (χ3v) is 11.9. The fourth-order valence-electron chi connectivity index (χ4n) is 8.04. The zero-order valence-electron chi connectivity index (χ0n) is 43.2. The Morgan fingerprint density at radius 2 is 0.468 bits per heavy atom. The van der Waals surface area contributed by atoms with E-state index in [-0.39, 0.29) is 69.1 Å². The van der Waals surface area contributed by atoms with Crippen molar-refractivity contribution in [1.82, 2.24) is 39.9 Å². The Morgan fingerprint density at radius 1 is 0.273 bits per heavy atom. The molecule has 11 aromatic rings. The molecule has 0 aliphatic carbocycles. The van der Waals surface area contributed by atoms with Gasteiger partial charge in [0.05, 0.1) is 23.3 Å². The van der Waals surface area contributed by atoms with Gasteiger partial charge < -0.3 is 79.5 Å². The van der Waals surface area contributed by atoms with Gasteiger partial charge in [-0.15, -0.1) is 0 Å². The molecule has 9 heterocycles. The number of aryl methyl sites for hydroxylation is 4. The second-order valence-corrected chi connectivity index (χ2v) is 16.5. The van der Waals surface area contributed by atoms with Crippen LogP contribution < -0.4 is 77.9 Å². The summed E-state index contributed by atoms with van der Waals surface area (Å²) in [6.07, 6.45) is 16.4. The van der Waals surface area contributed by atoms with Crippen LogP contribution in [0.15, 0.2) is 219 Å². The molecule has 0 N–H and O–H groups in total. The third-order valence-electron chi connectivity index (χ3n) is 11.9. The number of hydrogen-bond donors (Lipinski definition) is 0. The standard InChI is InChI=1S/C32H16N8.4C7H10N.4ClH.Zn/c1-2-10-18-17(9-1)25-33-26(18)38-28-21-13-5-6-14-22(21)30(35-28)40-32-24-16-8-7-15-23(24)31(36-32)39-29-20-12-4-3-11-19(20)27(34-29)37-25;4*1-2-8-6-4-3-5-7-8;;;;;/h1-16H;4*3-7H,2H2,1H3;4*1H;/q-2;4*+1;;;;;+2/p-4. The smallest absolute Gasteiger partial charge is 1.00 e. The van der Waals surface area contributed by atoms with E-state index in [1.165, 1.54) is 0 Å². The molecule has 386 valence electrons. The maximum absolute atomic E-state index is 4.95. The molecule has 0 saturated heterocycles. The van der Waals surface area contributed by atoms with E-state index in [1.54, 1.807) is 0 Å². The van der Waals surface area contributed by atoms with Crippen molar-refractivity contribution in [2.45, 2.75) is 53.9 Å². The average molecular weight is 1150 g/mol. The predicted molar refractivity (Wildman–Crippen MR) is 283 cm³/mol. The number of aromatic nitrogens is 12. The molecule has 13 rings (SSSR count). The average Bonchev–Trinajstić information content (AvgIpc) is 4.21. The third kappa shape index (κ3) is 15.4. The number of halogens is 4. The van der Waals surface area contributed by atoms with Crippen molar-refractivity contribution in [3.8, 4) is 45.6 Å². The fourth-order valence-corrected chi connectivity index (χ4v) is 8.04. The summed E-state index contributed by atoms with van der Waals surface area (Å²) < 4.78 is 8.50. The van der Waals surface area contributed by atoms with E-state index in [9.17, 15) is 0 Å². The molecule has 2 aliphatic rings. The van der Waals surface area contributed by atoms with Gasteiger partial charge in [-0.2, -0.15) is 0 Å². The van der Waals surface area contributed by atoms with Crippen molar-refractivity contribution < 1.29 is 87.4 Å². The first-order valence-corrected chi connectivity index (χ1v) is 24.4. The Kier molecular flexibility index (Phi) is 25.0. The molecular formula is C60H56Cl4N12Zn. The van der Waals surface area contributed by atoms with Crippen molar-refractivity contribution in [2.75, 3.05) is 0 Å². The Labute approximate surface area is 486 Å². The first-order valence-electron chi connectivity index (χ1n) is 24.4. The van der Waals surface area contributed by atoms with Crippen LogP contribution in [0.3, 0.4) is 0 Å². The molecule has 12 nitrogen and oxygen atoms in total. The Balaban J connectivity index is 0.000000282. The zero-order chi connectivity index (χ0) is 49.5. The van der Waals surface area contributed by atoms with E-state index >= 15 is 0 Å². The first-order chi connectivity index (χ1) is 35.5. The van der Waals surface area contributed by atoms with E-state index in [0.29, 0.717) is 45.9 Å². The van der Waals surface area contributed by atoms with E-state index in [1.807, 2.05) is 170 Å². The summed E-state index contributed by atoms with van der Waals surface area (Å²) in [6, 6.07) is 56.2. The molecule has 0 radical (unpaired) electrons. The molecule has 7 aromatic heterocycles. The molecule has 0 atom stereocenters. The van der Waals surface area contributed by atoms with E-state index in [4.69, 9.17) is 39.9 Å². The number of fused-ring (bicyclic) bond motifs is 20. The van der Waals surface area contributed by atoms with Crippen LogP contribution >= 0.6 is 0 Å². The van der Waals surface area contributed by atoms with E-state index in [2.05, 4.69) is 95.5 Å². The Hall–Kier alpha value is -7.38. The van der Waals surface area contributed by atoms with E-state index < -0.39 is 0 Å². The van der Waals surface area contributed by atoms with Crippen molar-refractivity contribution in [3.05, 3.63) is 219 Å². The van der Waals surface area contributed by atoms with E-state index in [0.717, 1.165) is 70.0 Å².